The summed E-state index contributed by atoms with van der Waals surface area (Å²) in [5, 5.41) is 3.23. The summed E-state index contributed by atoms with van der Waals surface area (Å²) >= 11 is 0. The molecule has 1 unspecified atom stereocenters. The first-order valence-electron chi connectivity index (χ1n) is 4.54. The van der Waals surface area contributed by atoms with Gasteiger partial charge in [-0.15, -0.1) is 0 Å². The standard InChI is InChI=1S/C10H21N/c1-5-9(2)7-6-8-10(3)11-4/h10-11H,2,5-8H2,1,3-4H3. The molecule has 0 amide bonds. The topological polar surface area (TPSA) is 12.0 Å². The molecule has 0 saturated carbocycles. The van der Waals surface area contributed by atoms with Crippen molar-refractivity contribution in [2.45, 2.75) is 45.6 Å². The molecule has 1 heteroatoms. The molecule has 0 aromatic rings. The molecule has 0 fully saturated rings. The highest BCUT2D eigenvalue weighted by molar-refractivity contribution is 4.91. The van der Waals surface area contributed by atoms with Crippen LogP contribution in [0, 0.1) is 0 Å². The van der Waals surface area contributed by atoms with Gasteiger partial charge in [0.05, 0.1) is 0 Å². The Morgan fingerprint density at radius 2 is 2.18 bits per heavy atom. The molecule has 0 aliphatic carbocycles. The summed E-state index contributed by atoms with van der Waals surface area (Å²) in [5.74, 6) is 0. The third-order valence-corrected chi connectivity index (χ3v) is 2.16. The van der Waals surface area contributed by atoms with Crippen molar-refractivity contribution in [2.24, 2.45) is 0 Å². The molecule has 0 heterocycles. The maximum Gasteiger partial charge on any atom is 0.00358 e. The van der Waals surface area contributed by atoms with Gasteiger partial charge in [-0.3, -0.25) is 0 Å². The molecule has 0 rings (SSSR count). The van der Waals surface area contributed by atoms with E-state index < -0.39 is 0 Å². The second-order valence-electron chi connectivity index (χ2n) is 3.19. The highest BCUT2D eigenvalue weighted by Gasteiger charge is 1.97. The van der Waals surface area contributed by atoms with Gasteiger partial charge < -0.3 is 5.32 Å². The number of rotatable bonds is 6. The Kier molecular flexibility index (Phi) is 6.24. The number of hydrogen-bond donors (Lipinski definition) is 1. The van der Waals surface area contributed by atoms with E-state index in [1.807, 2.05) is 7.05 Å². The van der Waals surface area contributed by atoms with Crippen LogP contribution in [0.15, 0.2) is 12.2 Å². The fourth-order valence-electron chi connectivity index (χ4n) is 0.979. The van der Waals surface area contributed by atoms with Gasteiger partial charge in [-0.05, 0) is 39.7 Å². The highest BCUT2D eigenvalue weighted by Crippen LogP contribution is 2.09. The Hall–Kier alpha value is -0.300. The van der Waals surface area contributed by atoms with Crippen LogP contribution in [-0.2, 0) is 0 Å². The number of hydrogen-bond acceptors (Lipinski definition) is 1. The monoisotopic (exact) mass is 155 g/mol. The Balaban J connectivity index is 3.20. The summed E-state index contributed by atoms with van der Waals surface area (Å²) < 4.78 is 0. The minimum atomic E-state index is 0.652. The lowest BCUT2D eigenvalue weighted by molar-refractivity contribution is 0.539. The molecule has 11 heavy (non-hydrogen) atoms. The minimum Gasteiger partial charge on any atom is -0.317 e. The molecule has 1 nitrogen and oxygen atoms in total. The molecule has 1 N–H and O–H groups in total. The van der Waals surface area contributed by atoms with Crippen LogP contribution in [0.1, 0.15) is 39.5 Å². The van der Waals surface area contributed by atoms with Gasteiger partial charge in [0.2, 0.25) is 0 Å². The summed E-state index contributed by atoms with van der Waals surface area (Å²) in [6.45, 7) is 8.36. The molecule has 0 saturated heterocycles. The summed E-state index contributed by atoms with van der Waals surface area (Å²) in [6.07, 6.45) is 4.86. The Morgan fingerprint density at radius 1 is 1.55 bits per heavy atom. The molecule has 66 valence electrons. The van der Waals surface area contributed by atoms with Crippen LogP contribution in [0.25, 0.3) is 0 Å². The largest absolute Gasteiger partial charge is 0.317 e. The number of allylic oxidation sites excluding steroid dienone is 1. The van der Waals surface area contributed by atoms with Crippen LogP contribution < -0.4 is 5.32 Å². The lowest BCUT2D eigenvalue weighted by Gasteiger charge is -2.09. The minimum absolute atomic E-state index is 0.652. The number of nitrogens with one attached hydrogen (secondary N) is 1. The van der Waals surface area contributed by atoms with Crippen molar-refractivity contribution in [3.05, 3.63) is 12.2 Å². The van der Waals surface area contributed by atoms with Crippen molar-refractivity contribution in [2.75, 3.05) is 7.05 Å². The third-order valence-electron chi connectivity index (χ3n) is 2.16. The van der Waals surface area contributed by atoms with E-state index in [1.165, 1.54) is 24.8 Å². The van der Waals surface area contributed by atoms with Gasteiger partial charge in [-0.2, -0.15) is 0 Å². The van der Waals surface area contributed by atoms with Crippen LogP contribution in [0.3, 0.4) is 0 Å². The normalized spacial score (nSPS) is 13.0. The predicted molar refractivity (Wildman–Crippen MR) is 51.8 cm³/mol. The molecule has 0 radical (unpaired) electrons. The molecule has 0 aliphatic rings. The first-order chi connectivity index (χ1) is 5.20. The van der Waals surface area contributed by atoms with Crippen molar-refractivity contribution < 1.29 is 0 Å². The van der Waals surface area contributed by atoms with E-state index in [-0.39, 0.29) is 0 Å². The predicted octanol–water partition coefficient (Wildman–Crippen LogP) is 2.73. The van der Waals surface area contributed by atoms with Crippen LogP contribution in [0.2, 0.25) is 0 Å². The summed E-state index contributed by atoms with van der Waals surface area (Å²) in [6, 6.07) is 0.652. The van der Waals surface area contributed by atoms with E-state index in [9.17, 15) is 0 Å². The summed E-state index contributed by atoms with van der Waals surface area (Å²) in [7, 11) is 2.01. The average Bonchev–Trinajstić information content (AvgIpc) is 2.04. The van der Waals surface area contributed by atoms with Gasteiger partial charge >= 0.3 is 0 Å². The van der Waals surface area contributed by atoms with Crippen LogP contribution in [-0.4, -0.2) is 13.1 Å². The lowest BCUT2D eigenvalue weighted by atomic mass is 10.1. The lowest BCUT2D eigenvalue weighted by Crippen LogP contribution is -2.20. The summed E-state index contributed by atoms with van der Waals surface area (Å²) in [5.41, 5.74) is 1.38. The fraction of sp³-hybridized carbons (Fsp3) is 0.800. The van der Waals surface area contributed by atoms with Gasteiger partial charge in [-0.25, -0.2) is 0 Å². The summed E-state index contributed by atoms with van der Waals surface area (Å²) in [4.78, 5) is 0. The van der Waals surface area contributed by atoms with E-state index in [0.29, 0.717) is 6.04 Å². The Labute approximate surface area is 70.9 Å². The SMILES string of the molecule is C=C(CC)CCCC(C)NC. The van der Waals surface area contributed by atoms with Crippen molar-refractivity contribution in [1.29, 1.82) is 0 Å². The van der Waals surface area contributed by atoms with Crippen molar-refractivity contribution >= 4 is 0 Å². The molecule has 0 aliphatic heterocycles. The average molecular weight is 155 g/mol. The van der Waals surface area contributed by atoms with Gasteiger partial charge in [0.15, 0.2) is 0 Å². The van der Waals surface area contributed by atoms with E-state index >= 15 is 0 Å². The zero-order valence-electron chi connectivity index (χ0n) is 8.11. The van der Waals surface area contributed by atoms with E-state index in [4.69, 9.17) is 0 Å². The van der Waals surface area contributed by atoms with Gasteiger partial charge in [0.1, 0.15) is 0 Å². The van der Waals surface area contributed by atoms with E-state index in [1.54, 1.807) is 0 Å². The molecular weight excluding hydrogens is 134 g/mol. The van der Waals surface area contributed by atoms with Crippen molar-refractivity contribution in [3.63, 3.8) is 0 Å². The maximum absolute atomic E-state index is 3.98. The Bertz CT molecular complexity index is 107. The van der Waals surface area contributed by atoms with Crippen LogP contribution in [0.4, 0.5) is 0 Å². The molecule has 0 aromatic carbocycles. The van der Waals surface area contributed by atoms with Gasteiger partial charge in [0, 0.05) is 6.04 Å². The van der Waals surface area contributed by atoms with Crippen molar-refractivity contribution in [3.8, 4) is 0 Å². The molecule has 0 spiro atoms. The maximum atomic E-state index is 3.98. The Morgan fingerprint density at radius 3 is 2.64 bits per heavy atom. The molecule has 0 bridgehead atoms. The van der Waals surface area contributed by atoms with Gasteiger partial charge in [-0.1, -0.05) is 19.1 Å². The van der Waals surface area contributed by atoms with Gasteiger partial charge in [0.25, 0.3) is 0 Å². The quantitative estimate of drug-likeness (QED) is 0.582. The van der Waals surface area contributed by atoms with E-state index in [0.717, 1.165) is 6.42 Å². The first kappa shape index (κ1) is 10.7. The second kappa shape index (κ2) is 6.41. The molecule has 0 aromatic heterocycles. The van der Waals surface area contributed by atoms with E-state index in [2.05, 4.69) is 25.7 Å². The van der Waals surface area contributed by atoms with Crippen molar-refractivity contribution in [1.82, 2.24) is 5.32 Å². The van der Waals surface area contributed by atoms with Crippen LogP contribution >= 0.6 is 0 Å². The fourth-order valence-corrected chi connectivity index (χ4v) is 0.979. The third kappa shape index (κ3) is 6.11. The molecule has 1 atom stereocenters. The zero-order chi connectivity index (χ0) is 8.69. The smallest absolute Gasteiger partial charge is 0.00358 e. The molecular formula is C10H21N. The van der Waals surface area contributed by atoms with Crippen LogP contribution in [0.5, 0.6) is 0 Å². The first-order valence-corrected chi connectivity index (χ1v) is 4.54. The second-order valence-corrected chi connectivity index (χ2v) is 3.19. The highest BCUT2D eigenvalue weighted by atomic mass is 14.8. The zero-order valence-corrected chi connectivity index (χ0v) is 8.11.